The largest absolute Gasteiger partial charge is 0.348 e. The molecule has 0 saturated heterocycles. The number of aromatic amines is 1. The molecule has 0 saturated carbocycles. The van der Waals surface area contributed by atoms with E-state index in [-0.39, 0.29) is 11.7 Å². The van der Waals surface area contributed by atoms with Crippen molar-refractivity contribution in [3.63, 3.8) is 0 Å². The molecular weight excluding hydrogens is 353 g/mol. The molecule has 4 aromatic rings. The minimum Gasteiger partial charge on any atom is -0.348 e. The Balaban J connectivity index is 1.69. The maximum Gasteiger partial charge on any atom is 0.255 e. The number of fused-ring (bicyclic) bond motifs is 1. The van der Waals surface area contributed by atoms with E-state index in [1.165, 1.54) is 12.1 Å². The van der Waals surface area contributed by atoms with E-state index < -0.39 is 0 Å². The number of amides is 1. The molecule has 0 fully saturated rings. The van der Waals surface area contributed by atoms with Crippen LogP contribution in [0.25, 0.3) is 22.7 Å². The van der Waals surface area contributed by atoms with Gasteiger partial charge in [-0.25, -0.2) is 9.37 Å². The highest BCUT2D eigenvalue weighted by molar-refractivity contribution is 6.23. The minimum absolute atomic E-state index is 0.285. The second-order valence-corrected chi connectivity index (χ2v) is 6.38. The minimum atomic E-state index is -0.359. The lowest BCUT2D eigenvalue weighted by Gasteiger charge is -2.08. The van der Waals surface area contributed by atoms with Crippen LogP contribution in [0, 0.1) is 5.82 Å². The van der Waals surface area contributed by atoms with E-state index in [1.54, 1.807) is 18.2 Å². The number of carbonyl (C=O) groups is 1. The van der Waals surface area contributed by atoms with Crippen molar-refractivity contribution in [1.82, 2.24) is 15.3 Å². The summed E-state index contributed by atoms with van der Waals surface area (Å²) >= 11 is 0. The Labute approximate surface area is 161 Å². The van der Waals surface area contributed by atoms with Gasteiger partial charge in [0.2, 0.25) is 0 Å². The number of hydrogen-bond donors (Lipinski definition) is 2. The maximum absolute atomic E-state index is 13.6. The van der Waals surface area contributed by atoms with E-state index in [0.717, 1.165) is 16.6 Å². The van der Waals surface area contributed by atoms with Crippen LogP contribution in [0.2, 0.25) is 0 Å². The van der Waals surface area contributed by atoms with Crippen LogP contribution >= 0.6 is 0 Å². The second kappa shape index (κ2) is 7.88. The number of nitrogens with zero attached hydrogens (tertiary/aromatic N) is 1. The number of carbonyl (C=O) groups excluding carboxylic acids is 1. The van der Waals surface area contributed by atoms with Crippen LogP contribution in [-0.4, -0.2) is 15.9 Å². The molecule has 0 unspecified atom stereocenters. The fourth-order valence-electron chi connectivity index (χ4n) is 2.96. The van der Waals surface area contributed by atoms with Gasteiger partial charge in [0.15, 0.2) is 0 Å². The molecule has 138 valence electrons. The molecule has 1 amide bonds. The van der Waals surface area contributed by atoms with Crippen molar-refractivity contribution in [2.75, 3.05) is 0 Å². The van der Waals surface area contributed by atoms with Crippen LogP contribution in [-0.2, 0) is 11.3 Å². The molecule has 0 spiro atoms. The lowest BCUT2D eigenvalue weighted by molar-refractivity contribution is -0.115. The summed E-state index contributed by atoms with van der Waals surface area (Å²) in [6, 6.07) is 23.3. The summed E-state index contributed by atoms with van der Waals surface area (Å²) in [7, 11) is 0. The van der Waals surface area contributed by atoms with Crippen LogP contribution in [0.4, 0.5) is 4.39 Å². The highest BCUT2D eigenvalue weighted by atomic mass is 19.1. The van der Waals surface area contributed by atoms with Crippen molar-refractivity contribution in [3.05, 3.63) is 102 Å². The molecule has 2 N–H and O–H groups in total. The SMILES string of the molecule is O=C(NCc1ccccc1)C(=Cc1cccc(F)c1)c1nc2ccccc2[nH]1. The number of imidazole rings is 1. The molecule has 4 rings (SSSR count). The highest BCUT2D eigenvalue weighted by Crippen LogP contribution is 2.20. The summed E-state index contributed by atoms with van der Waals surface area (Å²) in [5.74, 6) is -0.203. The van der Waals surface area contributed by atoms with Gasteiger partial charge in [0.1, 0.15) is 11.6 Å². The molecule has 28 heavy (non-hydrogen) atoms. The average molecular weight is 371 g/mol. The predicted octanol–water partition coefficient (Wildman–Crippen LogP) is 4.56. The standard InChI is InChI=1S/C23H18FN3O/c24-18-10-6-9-17(13-18)14-19(22-26-20-11-4-5-12-21(20)27-22)23(28)25-15-16-7-2-1-3-8-16/h1-14H,15H2,(H,25,28)(H,26,27). The summed E-state index contributed by atoms with van der Waals surface area (Å²) in [5.41, 5.74) is 3.52. The molecule has 5 heteroatoms. The monoisotopic (exact) mass is 371 g/mol. The Kier molecular flexibility index (Phi) is 4.97. The number of H-pyrrole nitrogens is 1. The van der Waals surface area contributed by atoms with Gasteiger partial charge in [-0.05, 0) is 41.5 Å². The Bertz CT molecular complexity index is 1120. The number of rotatable bonds is 5. The maximum atomic E-state index is 13.6. The van der Waals surface area contributed by atoms with Crippen LogP contribution in [0.1, 0.15) is 17.0 Å². The van der Waals surface area contributed by atoms with Crippen molar-refractivity contribution in [1.29, 1.82) is 0 Å². The predicted molar refractivity (Wildman–Crippen MR) is 109 cm³/mol. The summed E-state index contributed by atoms with van der Waals surface area (Å²) in [5, 5.41) is 2.92. The van der Waals surface area contributed by atoms with Gasteiger partial charge in [-0.1, -0.05) is 54.6 Å². The molecule has 4 nitrogen and oxygen atoms in total. The number of nitrogens with one attached hydrogen (secondary N) is 2. The molecule has 0 atom stereocenters. The highest BCUT2D eigenvalue weighted by Gasteiger charge is 2.16. The van der Waals surface area contributed by atoms with Crippen molar-refractivity contribution in [2.24, 2.45) is 0 Å². The van der Waals surface area contributed by atoms with Gasteiger partial charge in [0.05, 0.1) is 16.6 Å². The summed E-state index contributed by atoms with van der Waals surface area (Å²) in [6.07, 6.45) is 1.64. The van der Waals surface area contributed by atoms with E-state index >= 15 is 0 Å². The van der Waals surface area contributed by atoms with Crippen molar-refractivity contribution in [2.45, 2.75) is 6.54 Å². The van der Waals surface area contributed by atoms with Crippen molar-refractivity contribution < 1.29 is 9.18 Å². The Morgan fingerprint density at radius 3 is 2.57 bits per heavy atom. The van der Waals surface area contributed by atoms with Crippen LogP contribution in [0.5, 0.6) is 0 Å². The van der Waals surface area contributed by atoms with Crippen molar-refractivity contribution >= 4 is 28.6 Å². The first-order valence-corrected chi connectivity index (χ1v) is 8.93. The van der Waals surface area contributed by atoms with Gasteiger partial charge < -0.3 is 10.3 Å². The molecule has 0 radical (unpaired) electrons. The van der Waals surface area contributed by atoms with E-state index in [4.69, 9.17) is 0 Å². The molecule has 1 heterocycles. The number of halogens is 1. The molecular formula is C23H18FN3O. The zero-order valence-corrected chi connectivity index (χ0v) is 15.0. The molecule has 0 bridgehead atoms. The Morgan fingerprint density at radius 1 is 1.00 bits per heavy atom. The lowest BCUT2D eigenvalue weighted by atomic mass is 10.1. The van der Waals surface area contributed by atoms with Crippen molar-refractivity contribution in [3.8, 4) is 0 Å². The second-order valence-electron chi connectivity index (χ2n) is 6.38. The van der Waals surface area contributed by atoms with E-state index in [1.807, 2.05) is 54.6 Å². The molecule has 1 aromatic heterocycles. The Morgan fingerprint density at radius 2 is 1.79 bits per heavy atom. The number of hydrogen-bond acceptors (Lipinski definition) is 2. The quantitative estimate of drug-likeness (QED) is 0.505. The third-order valence-electron chi connectivity index (χ3n) is 4.34. The van der Waals surface area contributed by atoms with Gasteiger partial charge in [-0.2, -0.15) is 0 Å². The number of aromatic nitrogens is 2. The summed E-state index contributed by atoms with van der Waals surface area (Å²) in [6.45, 7) is 0.389. The van der Waals surface area contributed by atoms with Gasteiger partial charge in [0.25, 0.3) is 5.91 Å². The normalized spacial score (nSPS) is 11.5. The third kappa shape index (κ3) is 3.99. The molecule has 3 aromatic carbocycles. The summed E-state index contributed by atoms with van der Waals surface area (Å²) in [4.78, 5) is 20.7. The summed E-state index contributed by atoms with van der Waals surface area (Å²) < 4.78 is 13.6. The zero-order chi connectivity index (χ0) is 19.3. The van der Waals surface area contributed by atoms with Gasteiger partial charge in [-0.15, -0.1) is 0 Å². The number of benzene rings is 3. The fraction of sp³-hybridized carbons (Fsp3) is 0.0435. The van der Waals surface area contributed by atoms with Crippen LogP contribution < -0.4 is 5.32 Å². The topological polar surface area (TPSA) is 57.8 Å². The van der Waals surface area contributed by atoms with E-state index in [0.29, 0.717) is 23.5 Å². The van der Waals surface area contributed by atoms with E-state index in [2.05, 4.69) is 15.3 Å². The first kappa shape index (κ1) is 17.7. The zero-order valence-electron chi connectivity index (χ0n) is 15.0. The van der Waals surface area contributed by atoms with E-state index in [9.17, 15) is 9.18 Å². The first-order chi connectivity index (χ1) is 13.7. The van der Waals surface area contributed by atoms with Crippen LogP contribution in [0.15, 0.2) is 78.9 Å². The third-order valence-corrected chi connectivity index (χ3v) is 4.34. The lowest BCUT2D eigenvalue weighted by Crippen LogP contribution is -2.24. The number of para-hydroxylation sites is 2. The Hall–Kier alpha value is -3.73. The fourth-order valence-corrected chi connectivity index (χ4v) is 2.96. The smallest absolute Gasteiger partial charge is 0.255 e. The van der Waals surface area contributed by atoms with Gasteiger partial charge >= 0.3 is 0 Å². The molecule has 0 aliphatic rings. The van der Waals surface area contributed by atoms with Gasteiger partial charge in [-0.3, -0.25) is 4.79 Å². The molecule has 0 aliphatic heterocycles. The molecule has 0 aliphatic carbocycles. The van der Waals surface area contributed by atoms with Crippen LogP contribution in [0.3, 0.4) is 0 Å². The van der Waals surface area contributed by atoms with Gasteiger partial charge in [0, 0.05) is 6.54 Å². The average Bonchev–Trinajstić information content (AvgIpc) is 3.15. The first-order valence-electron chi connectivity index (χ1n) is 8.93.